The zero-order valence-electron chi connectivity index (χ0n) is 8.36. The molecule has 1 atom stereocenters. The van der Waals surface area contributed by atoms with Gasteiger partial charge in [0.25, 0.3) is 0 Å². The molecule has 0 aromatic heterocycles. The van der Waals surface area contributed by atoms with Crippen LogP contribution in [0, 0.1) is 0 Å². The molecule has 0 saturated carbocycles. The van der Waals surface area contributed by atoms with Crippen molar-refractivity contribution in [2.24, 2.45) is 5.73 Å². The lowest BCUT2D eigenvalue weighted by Gasteiger charge is -2.14. The molecule has 4 N–H and O–H groups in total. The second kappa shape index (κ2) is 4.65. The van der Waals surface area contributed by atoms with E-state index in [4.69, 9.17) is 11.5 Å². The molecule has 14 heavy (non-hydrogen) atoms. The van der Waals surface area contributed by atoms with E-state index in [-0.39, 0.29) is 11.8 Å². The number of carbonyl (C=O) groups excluding carboxylic acids is 1. The Morgan fingerprint density at radius 1 is 1.43 bits per heavy atom. The quantitative estimate of drug-likeness (QED) is 0.712. The maximum absolute atomic E-state index is 11.2. The summed E-state index contributed by atoms with van der Waals surface area (Å²) in [6.45, 7) is 2.02. The molecule has 3 nitrogen and oxygen atoms in total. The van der Waals surface area contributed by atoms with Crippen molar-refractivity contribution < 1.29 is 4.79 Å². The topological polar surface area (TPSA) is 69.1 Å². The minimum Gasteiger partial charge on any atom is -0.398 e. The van der Waals surface area contributed by atoms with Gasteiger partial charge < -0.3 is 11.5 Å². The van der Waals surface area contributed by atoms with Crippen molar-refractivity contribution in [3.05, 3.63) is 29.8 Å². The maximum Gasteiger partial charge on any atom is 0.225 e. The first kappa shape index (κ1) is 10.6. The van der Waals surface area contributed by atoms with Gasteiger partial charge in [-0.25, -0.2) is 0 Å². The van der Waals surface area contributed by atoms with E-state index in [9.17, 15) is 4.79 Å². The molecule has 0 aliphatic rings. The molecule has 0 radical (unpaired) electrons. The van der Waals surface area contributed by atoms with Gasteiger partial charge in [-0.15, -0.1) is 0 Å². The van der Waals surface area contributed by atoms with Crippen LogP contribution in [-0.2, 0) is 4.79 Å². The van der Waals surface area contributed by atoms with E-state index in [0.717, 1.165) is 18.4 Å². The van der Waals surface area contributed by atoms with Crippen LogP contribution in [0.1, 0.15) is 31.2 Å². The number of hydrogen-bond donors (Lipinski definition) is 2. The van der Waals surface area contributed by atoms with Crippen LogP contribution in [0.2, 0.25) is 0 Å². The number of anilines is 1. The molecular formula is C11H16N2O. The van der Waals surface area contributed by atoms with E-state index in [0.29, 0.717) is 5.69 Å². The van der Waals surface area contributed by atoms with Gasteiger partial charge in [0.15, 0.2) is 0 Å². The van der Waals surface area contributed by atoms with E-state index < -0.39 is 0 Å². The van der Waals surface area contributed by atoms with Crippen molar-refractivity contribution in [3.8, 4) is 0 Å². The van der Waals surface area contributed by atoms with E-state index >= 15 is 0 Å². The fourth-order valence-corrected chi connectivity index (χ4v) is 1.57. The summed E-state index contributed by atoms with van der Waals surface area (Å²) in [5.41, 5.74) is 12.6. The average molecular weight is 192 g/mol. The van der Waals surface area contributed by atoms with Gasteiger partial charge in [0.1, 0.15) is 0 Å². The monoisotopic (exact) mass is 192 g/mol. The molecule has 1 aromatic carbocycles. The van der Waals surface area contributed by atoms with Gasteiger partial charge in [0.2, 0.25) is 5.91 Å². The molecule has 1 aromatic rings. The number of nitrogen functional groups attached to an aromatic ring is 1. The van der Waals surface area contributed by atoms with Crippen LogP contribution in [0.4, 0.5) is 5.69 Å². The van der Waals surface area contributed by atoms with Gasteiger partial charge in [-0.3, -0.25) is 4.79 Å². The third-order valence-corrected chi connectivity index (χ3v) is 2.29. The second-order valence-corrected chi connectivity index (χ2v) is 3.37. The molecule has 0 aliphatic heterocycles. The highest BCUT2D eigenvalue weighted by Crippen LogP contribution is 2.25. The molecule has 0 bridgehead atoms. The zero-order valence-corrected chi connectivity index (χ0v) is 8.36. The van der Waals surface area contributed by atoms with Gasteiger partial charge in [0, 0.05) is 5.69 Å². The normalized spacial score (nSPS) is 12.4. The largest absolute Gasteiger partial charge is 0.398 e. The average Bonchev–Trinajstić information content (AvgIpc) is 2.15. The van der Waals surface area contributed by atoms with Crippen LogP contribution >= 0.6 is 0 Å². The highest BCUT2D eigenvalue weighted by atomic mass is 16.1. The highest BCUT2D eigenvalue weighted by Gasteiger charge is 2.18. The molecule has 1 unspecified atom stereocenters. The number of carbonyl (C=O) groups is 1. The van der Waals surface area contributed by atoms with E-state index in [2.05, 4.69) is 0 Å². The summed E-state index contributed by atoms with van der Waals surface area (Å²) in [6.07, 6.45) is 1.67. The molecule has 0 heterocycles. The van der Waals surface area contributed by atoms with Crippen LogP contribution in [-0.4, -0.2) is 5.91 Å². The van der Waals surface area contributed by atoms with Gasteiger partial charge in [-0.1, -0.05) is 31.5 Å². The van der Waals surface area contributed by atoms with Gasteiger partial charge in [-0.2, -0.15) is 0 Å². The Bertz CT molecular complexity index is 323. The van der Waals surface area contributed by atoms with Crippen LogP contribution < -0.4 is 11.5 Å². The van der Waals surface area contributed by atoms with Crippen molar-refractivity contribution in [1.29, 1.82) is 0 Å². The number of amides is 1. The number of nitrogens with two attached hydrogens (primary N) is 2. The number of primary amides is 1. The standard InChI is InChI=1S/C11H16N2O/c1-2-5-9(11(13)14)8-6-3-4-7-10(8)12/h3-4,6-7,9H,2,5,12H2,1H3,(H2,13,14). The summed E-state index contributed by atoms with van der Waals surface area (Å²) in [5, 5.41) is 0. The lowest BCUT2D eigenvalue weighted by molar-refractivity contribution is -0.119. The van der Waals surface area contributed by atoms with Crippen LogP contribution in [0.15, 0.2) is 24.3 Å². The Morgan fingerprint density at radius 2 is 2.07 bits per heavy atom. The Kier molecular flexibility index (Phi) is 3.51. The van der Waals surface area contributed by atoms with Crippen molar-refractivity contribution >= 4 is 11.6 Å². The number of rotatable bonds is 4. The molecule has 0 aliphatic carbocycles. The van der Waals surface area contributed by atoms with Crippen molar-refractivity contribution in [3.63, 3.8) is 0 Å². The summed E-state index contributed by atoms with van der Waals surface area (Å²) < 4.78 is 0. The Morgan fingerprint density at radius 3 is 2.57 bits per heavy atom. The molecule has 0 saturated heterocycles. The van der Waals surface area contributed by atoms with E-state index in [1.54, 1.807) is 6.07 Å². The fraction of sp³-hybridized carbons (Fsp3) is 0.364. The second-order valence-electron chi connectivity index (χ2n) is 3.37. The molecule has 76 valence electrons. The molecule has 0 fully saturated rings. The summed E-state index contributed by atoms with van der Waals surface area (Å²) in [4.78, 5) is 11.2. The molecule has 1 rings (SSSR count). The zero-order chi connectivity index (χ0) is 10.6. The summed E-state index contributed by atoms with van der Waals surface area (Å²) in [5.74, 6) is -0.550. The van der Waals surface area contributed by atoms with Crippen LogP contribution in [0.5, 0.6) is 0 Å². The number of para-hydroxylation sites is 1. The van der Waals surface area contributed by atoms with Crippen molar-refractivity contribution in [2.75, 3.05) is 5.73 Å². The summed E-state index contributed by atoms with van der Waals surface area (Å²) in [6, 6.07) is 7.38. The maximum atomic E-state index is 11.2. The van der Waals surface area contributed by atoms with Crippen molar-refractivity contribution in [2.45, 2.75) is 25.7 Å². The van der Waals surface area contributed by atoms with Crippen LogP contribution in [0.3, 0.4) is 0 Å². The van der Waals surface area contributed by atoms with E-state index in [1.165, 1.54) is 0 Å². The van der Waals surface area contributed by atoms with E-state index in [1.807, 2.05) is 25.1 Å². The predicted molar refractivity (Wildman–Crippen MR) is 57.7 cm³/mol. The third-order valence-electron chi connectivity index (χ3n) is 2.29. The summed E-state index contributed by atoms with van der Waals surface area (Å²) in [7, 11) is 0. The van der Waals surface area contributed by atoms with Gasteiger partial charge in [-0.05, 0) is 18.1 Å². The summed E-state index contributed by atoms with van der Waals surface area (Å²) >= 11 is 0. The molecule has 1 amide bonds. The highest BCUT2D eigenvalue weighted by molar-refractivity contribution is 5.83. The first-order valence-electron chi connectivity index (χ1n) is 4.80. The SMILES string of the molecule is CCCC(C(N)=O)c1ccccc1N. The Balaban J connectivity index is 2.99. The smallest absolute Gasteiger partial charge is 0.225 e. The minimum atomic E-state index is -0.301. The van der Waals surface area contributed by atoms with Crippen molar-refractivity contribution in [1.82, 2.24) is 0 Å². The number of benzene rings is 1. The Hall–Kier alpha value is -1.51. The van der Waals surface area contributed by atoms with Gasteiger partial charge in [0.05, 0.1) is 5.92 Å². The predicted octanol–water partition coefficient (Wildman–Crippen LogP) is 1.64. The first-order chi connectivity index (χ1) is 6.66. The lowest BCUT2D eigenvalue weighted by Crippen LogP contribution is -2.22. The fourth-order valence-electron chi connectivity index (χ4n) is 1.57. The molecular weight excluding hydrogens is 176 g/mol. The van der Waals surface area contributed by atoms with Gasteiger partial charge >= 0.3 is 0 Å². The molecule has 0 spiro atoms. The first-order valence-corrected chi connectivity index (χ1v) is 4.80. The van der Waals surface area contributed by atoms with Crippen LogP contribution in [0.25, 0.3) is 0 Å². The molecule has 3 heteroatoms. The number of hydrogen-bond acceptors (Lipinski definition) is 2. The third kappa shape index (κ3) is 2.25. The minimum absolute atomic E-state index is 0.249. The Labute approximate surface area is 84.1 Å². The lowest BCUT2D eigenvalue weighted by atomic mass is 9.93.